The highest BCUT2D eigenvalue weighted by atomic mass is 16.1. The zero-order chi connectivity index (χ0) is 19.9. The molecule has 0 atom stereocenters. The van der Waals surface area contributed by atoms with Crippen molar-refractivity contribution in [3.8, 4) is 0 Å². The fourth-order valence-corrected chi connectivity index (χ4v) is 3.22. The van der Waals surface area contributed by atoms with Crippen molar-refractivity contribution < 1.29 is 4.79 Å². The summed E-state index contributed by atoms with van der Waals surface area (Å²) < 4.78 is 3.97. The van der Waals surface area contributed by atoms with E-state index in [1.165, 1.54) is 5.56 Å². The van der Waals surface area contributed by atoms with Gasteiger partial charge in [-0.05, 0) is 29.3 Å². The Hall–Kier alpha value is -3.67. The lowest BCUT2D eigenvalue weighted by atomic mass is 10.1. The lowest BCUT2D eigenvalue weighted by Gasteiger charge is -2.09. The summed E-state index contributed by atoms with van der Waals surface area (Å²) in [6.45, 7) is 2.01. The summed E-state index contributed by atoms with van der Waals surface area (Å²) >= 11 is 0. The third-order valence-corrected chi connectivity index (χ3v) is 4.75. The molecule has 6 nitrogen and oxygen atoms in total. The van der Waals surface area contributed by atoms with Crippen LogP contribution in [0, 0.1) is 0 Å². The minimum absolute atomic E-state index is 0.0724. The van der Waals surface area contributed by atoms with Gasteiger partial charge in [-0.1, -0.05) is 42.5 Å². The summed E-state index contributed by atoms with van der Waals surface area (Å²) in [5, 5.41) is 7.18. The van der Waals surface area contributed by atoms with Crippen LogP contribution in [0.15, 0.2) is 85.5 Å². The van der Waals surface area contributed by atoms with Crippen molar-refractivity contribution in [2.24, 2.45) is 0 Å². The molecule has 0 aliphatic heterocycles. The van der Waals surface area contributed by atoms with Crippen LogP contribution in [0.4, 0.5) is 0 Å². The fraction of sp³-hybridized carbons (Fsp3) is 0.174. The molecule has 146 valence electrons. The van der Waals surface area contributed by atoms with Gasteiger partial charge in [0.15, 0.2) is 0 Å². The van der Waals surface area contributed by atoms with E-state index >= 15 is 0 Å². The number of rotatable bonds is 8. The summed E-state index contributed by atoms with van der Waals surface area (Å²) in [7, 11) is 0. The first kappa shape index (κ1) is 18.7. The zero-order valence-electron chi connectivity index (χ0n) is 16.1. The van der Waals surface area contributed by atoms with Gasteiger partial charge in [0.05, 0.1) is 6.54 Å². The molecule has 1 N–H and O–H groups in total. The van der Waals surface area contributed by atoms with Crippen LogP contribution in [-0.2, 0) is 19.5 Å². The Bertz CT molecular complexity index is 1040. The van der Waals surface area contributed by atoms with Gasteiger partial charge in [0.1, 0.15) is 5.82 Å². The van der Waals surface area contributed by atoms with Crippen LogP contribution in [0.1, 0.15) is 27.3 Å². The molecule has 4 rings (SSSR count). The molecule has 2 aromatic heterocycles. The Balaban J connectivity index is 1.29. The lowest BCUT2D eigenvalue weighted by molar-refractivity contribution is 0.0954. The van der Waals surface area contributed by atoms with E-state index in [0.717, 1.165) is 17.9 Å². The van der Waals surface area contributed by atoms with E-state index in [4.69, 9.17) is 0 Å². The third kappa shape index (κ3) is 4.99. The van der Waals surface area contributed by atoms with Crippen LogP contribution in [-0.4, -0.2) is 31.8 Å². The van der Waals surface area contributed by atoms with Crippen molar-refractivity contribution in [1.29, 1.82) is 0 Å². The fourth-order valence-electron chi connectivity index (χ4n) is 3.22. The van der Waals surface area contributed by atoms with Gasteiger partial charge in [-0.2, -0.15) is 5.10 Å². The molecule has 0 saturated heterocycles. The number of imidazole rings is 1. The number of carbonyl (C=O) groups is 1. The van der Waals surface area contributed by atoms with Crippen LogP contribution in [0.2, 0.25) is 0 Å². The van der Waals surface area contributed by atoms with Crippen molar-refractivity contribution >= 4 is 5.91 Å². The number of hydrogen-bond donors (Lipinski definition) is 1. The average molecular weight is 385 g/mol. The molecule has 0 radical (unpaired) electrons. The van der Waals surface area contributed by atoms with Crippen molar-refractivity contribution in [2.45, 2.75) is 19.5 Å². The van der Waals surface area contributed by atoms with Crippen molar-refractivity contribution in [3.05, 3.63) is 108 Å². The summed E-state index contributed by atoms with van der Waals surface area (Å²) in [6.07, 6.45) is 8.14. The van der Waals surface area contributed by atoms with Crippen molar-refractivity contribution in [1.82, 2.24) is 24.6 Å². The van der Waals surface area contributed by atoms with Gasteiger partial charge < -0.3 is 9.88 Å². The largest absolute Gasteiger partial charge is 0.352 e. The highest BCUT2D eigenvalue weighted by Gasteiger charge is 2.08. The van der Waals surface area contributed by atoms with Gasteiger partial charge in [-0.25, -0.2) is 4.98 Å². The Morgan fingerprint density at radius 3 is 2.41 bits per heavy atom. The van der Waals surface area contributed by atoms with Gasteiger partial charge in [0.25, 0.3) is 5.91 Å². The van der Waals surface area contributed by atoms with Crippen molar-refractivity contribution in [3.63, 3.8) is 0 Å². The molecule has 1 amide bonds. The SMILES string of the molecule is O=C(NCCc1nccn1Cc1ccccc1)c1ccc(Cn2cccn2)cc1. The van der Waals surface area contributed by atoms with Gasteiger partial charge in [0.2, 0.25) is 0 Å². The molecular formula is C23H23N5O. The quantitative estimate of drug-likeness (QED) is 0.507. The summed E-state index contributed by atoms with van der Waals surface area (Å²) in [4.78, 5) is 16.9. The molecular weight excluding hydrogens is 362 g/mol. The third-order valence-electron chi connectivity index (χ3n) is 4.75. The highest BCUT2D eigenvalue weighted by molar-refractivity contribution is 5.94. The van der Waals surface area contributed by atoms with Crippen LogP contribution in [0.5, 0.6) is 0 Å². The number of nitrogens with zero attached hydrogens (tertiary/aromatic N) is 4. The van der Waals surface area contributed by atoms with Crippen LogP contribution >= 0.6 is 0 Å². The maximum atomic E-state index is 12.4. The van der Waals surface area contributed by atoms with Gasteiger partial charge >= 0.3 is 0 Å². The maximum Gasteiger partial charge on any atom is 0.251 e. The van der Waals surface area contributed by atoms with Gasteiger partial charge in [0, 0.05) is 49.9 Å². The summed E-state index contributed by atoms with van der Waals surface area (Å²) in [5.41, 5.74) is 2.99. The molecule has 2 heterocycles. The number of hydrogen-bond acceptors (Lipinski definition) is 3. The molecule has 0 saturated carbocycles. The van der Waals surface area contributed by atoms with Gasteiger partial charge in [-0.15, -0.1) is 0 Å². The monoisotopic (exact) mass is 385 g/mol. The highest BCUT2D eigenvalue weighted by Crippen LogP contribution is 2.08. The smallest absolute Gasteiger partial charge is 0.251 e. The number of nitrogens with one attached hydrogen (secondary N) is 1. The Labute approximate surface area is 169 Å². The second-order valence-corrected chi connectivity index (χ2v) is 6.86. The molecule has 0 bridgehead atoms. The Kier molecular flexibility index (Phi) is 5.81. The minimum Gasteiger partial charge on any atom is -0.352 e. The number of carbonyl (C=O) groups excluding carboxylic acids is 1. The van der Waals surface area contributed by atoms with E-state index in [-0.39, 0.29) is 5.91 Å². The van der Waals surface area contributed by atoms with E-state index in [0.29, 0.717) is 25.1 Å². The molecule has 0 aliphatic carbocycles. The first-order chi connectivity index (χ1) is 14.3. The molecule has 29 heavy (non-hydrogen) atoms. The number of amides is 1. The molecule has 0 spiro atoms. The van der Waals surface area contributed by atoms with E-state index in [2.05, 4.69) is 32.1 Å². The number of benzene rings is 2. The molecule has 0 unspecified atom stereocenters. The summed E-state index contributed by atoms with van der Waals surface area (Å²) in [6, 6.07) is 19.8. The first-order valence-corrected chi connectivity index (χ1v) is 9.66. The Morgan fingerprint density at radius 1 is 0.862 bits per heavy atom. The normalized spacial score (nSPS) is 10.8. The van der Waals surface area contributed by atoms with Crippen LogP contribution < -0.4 is 5.32 Å². The minimum atomic E-state index is -0.0724. The van der Waals surface area contributed by atoms with E-state index in [1.807, 2.05) is 65.6 Å². The maximum absolute atomic E-state index is 12.4. The molecule has 0 aliphatic rings. The van der Waals surface area contributed by atoms with Gasteiger partial charge in [-0.3, -0.25) is 9.48 Å². The standard InChI is InChI=1S/C23H23N5O/c29-23(21-9-7-20(8-10-21)18-28-15-4-12-26-28)25-13-11-22-24-14-16-27(22)17-19-5-2-1-3-6-19/h1-10,12,14-16H,11,13,17-18H2,(H,25,29). The lowest BCUT2D eigenvalue weighted by Crippen LogP contribution is -2.26. The molecule has 6 heteroatoms. The average Bonchev–Trinajstić information content (AvgIpc) is 3.42. The Morgan fingerprint density at radius 2 is 1.66 bits per heavy atom. The molecule has 2 aromatic carbocycles. The summed E-state index contributed by atoms with van der Waals surface area (Å²) in [5.74, 6) is 0.889. The molecule has 4 aromatic rings. The molecule has 0 fully saturated rings. The van der Waals surface area contributed by atoms with E-state index < -0.39 is 0 Å². The predicted octanol–water partition coefficient (Wildman–Crippen LogP) is 3.15. The van der Waals surface area contributed by atoms with E-state index in [1.54, 1.807) is 12.4 Å². The van der Waals surface area contributed by atoms with Crippen LogP contribution in [0.3, 0.4) is 0 Å². The topological polar surface area (TPSA) is 64.7 Å². The predicted molar refractivity (Wildman–Crippen MR) is 112 cm³/mol. The second-order valence-electron chi connectivity index (χ2n) is 6.86. The zero-order valence-corrected chi connectivity index (χ0v) is 16.1. The van der Waals surface area contributed by atoms with E-state index in [9.17, 15) is 4.79 Å². The second kappa shape index (κ2) is 9.01. The first-order valence-electron chi connectivity index (χ1n) is 9.66. The number of aromatic nitrogens is 4. The van der Waals surface area contributed by atoms with Crippen molar-refractivity contribution in [2.75, 3.05) is 6.54 Å². The van der Waals surface area contributed by atoms with Crippen LogP contribution in [0.25, 0.3) is 0 Å².